The van der Waals surface area contributed by atoms with Gasteiger partial charge in [0.2, 0.25) is 0 Å². The van der Waals surface area contributed by atoms with Crippen molar-refractivity contribution in [3.8, 4) is 0 Å². The lowest BCUT2D eigenvalue weighted by Crippen LogP contribution is -2.21. The van der Waals surface area contributed by atoms with Gasteiger partial charge < -0.3 is 10.1 Å². The first-order chi connectivity index (χ1) is 13.9. The zero-order chi connectivity index (χ0) is 20.8. The Kier molecular flexibility index (Phi) is 7.55. The van der Waals surface area contributed by atoms with Crippen molar-refractivity contribution in [2.75, 3.05) is 11.9 Å². The number of halogens is 2. The van der Waals surface area contributed by atoms with Crippen molar-refractivity contribution in [1.29, 1.82) is 0 Å². The number of anilines is 1. The Balaban J connectivity index is 1.57. The third kappa shape index (κ3) is 6.21. The van der Waals surface area contributed by atoms with E-state index < -0.39 is 18.5 Å². The van der Waals surface area contributed by atoms with Crippen molar-refractivity contribution in [2.45, 2.75) is 17.6 Å². The number of amides is 1. The number of ether oxygens (including phenoxy) is 1. The van der Waals surface area contributed by atoms with Crippen LogP contribution >= 0.6 is 46.3 Å². The zero-order valence-corrected chi connectivity index (χ0v) is 18.4. The molecule has 0 aliphatic carbocycles. The first kappa shape index (κ1) is 21.6. The minimum atomic E-state index is -0.563. The van der Waals surface area contributed by atoms with E-state index in [0.29, 0.717) is 27.0 Å². The molecule has 9 heteroatoms. The molecule has 0 bridgehead atoms. The summed E-state index contributed by atoms with van der Waals surface area (Å²) >= 11 is 14.9. The molecule has 0 saturated carbocycles. The summed E-state index contributed by atoms with van der Waals surface area (Å²) < 4.78 is 5.18. The van der Waals surface area contributed by atoms with E-state index in [1.807, 2.05) is 24.4 Å². The minimum Gasteiger partial charge on any atom is -0.452 e. The van der Waals surface area contributed by atoms with Gasteiger partial charge >= 0.3 is 5.97 Å². The highest BCUT2D eigenvalue weighted by atomic mass is 35.5. The Bertz CT molecular complexity index is 1040. The van der Waals surface area contributed by atoms with Gasteiger partial charge in [0, 0.05) is 21.7 Å². The first-order valence-electron chi connectivity index (χ1n) is 8.47. The van der Waals surface area contributed by atoms with Crippen molar-refractivity contribution in [1.82, 2.24) is 4.98 Å². The number of nitrogens with zero attached hydrogens (tertiary/aromatic N) is 1. The van der Waals surface area contributed by atoms with Crippen molar-refractivity contribution in [3.63, 3.8) is 0 Å². The largest absolute Gasteiger partial charge is 0.452 e. The quantitative estimate of drug-likeness (QED) is 0.349. The molecular formula is C20H16Cl2N2O3S2. The van der Waals surface area contributed by atoms with Crippen LogP contribution in [0.3, 0.4) is 0 Å². The molecule has 2 aromatic carbocycles. The Morgan fingerprint density at radius 2 is 1.97 bits per heavy atom. The molecule has 0 saturated heterocycles. The number of thioether (sulfide) groups is 1. The van der Waals surface area contributed by atoms with E-state index in [1.54, 1.807) is 35.6 Å². The molecule has 0 radical (unpaired) electrons. The highest BCUT2D eigenvalue weighted by Crippen LogP contribution is 2.27. The second-order valence-electron chi connectivity index (χ2n) is 5.90. The lowest BCUT2D eigenvalue weighted by molar-refractivity contribution is -0.119. The standard InChI is InChI=1S/C20H16Cl2N2O3S2/c1-12-23-14(10-28-12)11-29-18-5-3-2-4-15(18)20(26)27-9-19(25)24-13-6-7-16(21)17(22)8-13/h2-8,10H,9,11H2,1H3,(H,24,25). The number of aryl methyl sites for hydroxylation is 1. The van der Waals surface area contributed by atoms with Crippen LogP contribution in [0.15, 0.2) is 52.7 Å². The van der Waals surface area contributed by atoms with Crippen molar-refractivity contribution in [2.24, 2.45) is 0 Å². The molecule has 0 atom stereocenters. The second kappa shape index (κ2) is 10.1. The molecule has 29 heavy (non-hydrogen) atoms. The lowest BCUT2D eigenvalue weighted by atomic mass is 10.2. The van der Waals surface area contributed by atoms with Crippen molar-refractivity contribution in [3.05, 3.63) is 74.2 Å². The zero-order valence-electron chi connectivity index (χ0n) is 15.3. The summed E-state index contributed by atoms with van der Waals surface area (Å²) in [5.74, 6) is -0.390. The molecule has 5 nitrogen and oxygen atoms in total. The van der Waals surface area contributed by atoms with E-state index >= 15 is 0 Å². The molecule has 1 aromatic heterocycles. The average Bonchev–Trinajstić information content (AvgIpc) is 3.13. The fourth-order valence-corrected chi connectivity index (χ4v) is 4.32. The van der Waals surface area contributed by atoms with Gasteiger partial charge in [0.05, 0.1) is 26.3 Å². The molecule has 1 amide bonds. The Hall–Kier alpha value is -2.06. The number of aromatic nitrogens is 1. The van der Waals surface area contributed by atoms with Gasteiger partial charge in [-0.25, -0.2) is 9.78 Å². The predicted molar refractivity (Wildman–Crippen MR) is 118 cm³/mol. The molecule has 0 unspecified atom stereocenters. The SMILES string of the molecule is Cc1nc(CSc2ccccc2C(=O)OCC(=O)Nc2ccc(Cl)c(Cl)c2)cs1. The molecule has 0 aliphatic rings. The first-order valence-corrected chi connectivity index (χ1v) is 11.1. The summed E-state index contributed by atoms with van der Waals surface area (Å²) in [4.78, 5) is 29.7. The summed E-state index contributed by atoms with van der Waals surface area (Å²) in [6.45, 7) is 1.54. The van der Waals surface area contributed by atoms with Crippen LogP contribution in [0.25, 0.3) is 0 Å². The van der Waals surface area contributed by atoms with Crippen LogP contribution in [0.5, 0.6) is 0 Å². The molecule has 150 valence electrons. The Morgan fingerprint density at radius 1 is 1.17 bits per heavy atom. The van der Waals surface area contributed by atoms with Crippen molar-refractivity contribution < 1.29 is 14.3 Å². The second-order valence-corrected chi connectivity index (χ2v) is 8.79. The molecule has 0 fully saturated rings. The third-order valence-corrected chi connectivity index (χ3v) is 6.36. The van der Waals surface area contributed by atoms with Crippen LogP contribution in [-0.2, 0) is 15.3 Å². The summed E-state index contributed by atoms with van der Waals surface area (Å²) in [5.41, 5.74) is 1.84. The van der Waals surface area contributed by atoms with E-state index in [1.165, 1.54) is 17.8 Å². The Labute approximate surface area is 186 Å². The van der Waals surface area contributed by atoms with E-state index in [-0.39, 0.29) is 0 Å². The molecule has 3 aromatic rings. The maximum Gasteiger partial charge on any atom is 0.339 e. The minimum absolute atomic E-state index is 0.322. The number of hydrogen-bond donors (Lipinski definition) is 1. The summed E-state index contributed by atoms with van der Waals surface area (Å²) in [6, 6.07) is 11.8. The van der Waals surface area contributed by atoms with Gasteiger partial charge in [0.1, 0.15) is 0 Å². The van der Waals surface area contributed by atoms with E-state index in [0.717, 1.165) is 15.6 Å². The maximum atomic E-state index is 12.5. The van der Waals surface area contributed by atoms with E-state index in [4.69, 9.17) is 27.9 Å². The van der Waals surface area contributed by atoms with Crippen LogP contribution in [0, 0.1) is 6.92 Å². The van der Waals surface area contributed by atoms with Crippen LogP contribution < -0.4 is 5.32 Å². The monoisotopic (exact) mass is 466 g/mol. The number of esters is 1. The highest BCUT2D eigenvalue weighted by molar-refractivity contribution is 7.98. The van der Waals surface area contributed by atoms with Gasteiger partial charge in [-0.2, -0.15) is 0 Å². The number of carbonyl (C=O) groups excluding carboxylic acids is 2. The summed E-state index contributed by atoms with van der Waals surface area (Å²) in [6.07, 6.45) is 0. The summed E-state index contributed by atoms with van der Waals surface area (Å²) in [7, 11) is 0. The summed E-state index contributed by atoms with van der Waals surface area (Å²) in [5, 5.41) is 6.32. The molecule has 0 spiro atoms. The fraction of sp³-hybridized carbons (Fsp3) is 0.150. The van der Waals surface area contributed by atoms with E-state index in [9.17, 15) is 9.59 Å². The average molecular weight is 467 g/mol. The number of thiazole rings is 1. The van der Waals surface area contributed by atoms with Gasteiger partial charge in [-0.3, -0.25) is 4.79 Å². The normalized spacial score (nSPS) is 10.6. The number of nitrogens with one attached hydrogen (secondary N) is 1. The molecule has 0 aliphatic heterocycles. The number of carbonyl (C=O) groups is 2. The topological polar surface area (TPSA) is 68.3 Å². The Morgan fingerprint density at radius 3 is 2.69 bits per heavy atom. The van der Waals surface area contributed by atoms with Crippen LogP contribution in [0.1, 0.15) is 21.1 Å². The predicted octanol–water partition coefficient (Wildman–Crippen LogP) is 5.85. The molecule has 3 rings (SSSR count). The van der Waals surface area contributed by atoms with E-state index in [2.05, 4.69) is 10.3 Å². The molecule has 1 N–H and O–H groups in total. The van der Waals surface area contributed by atoms with Gasteiger partial charge in [-0.1, -0.05) is 35.3 Å². The van der Waals surface area contributed by atoms with Gasteiger partial charge in [-0.15, -0.1) is 23.1 Å². The molecular weight excluding hydrogens is 451 g/mol. The number of rotatable bonds is 7. The van der Waals surface area contributed by atoms with Crippen LogP contribution in [0.4, 0.5) is 5.69 Å². The van der Waals surface area contributed by atoms with Crippen molar-refractivity contribution >= 4 is 63.9 Å². The van der Waals surface area contributed by atoms with Gasteiger partial charge in [0.25, 0.3) is 5.91 Å². The lowest BCUT2D eigenvalue weighted by Gasteiger charge is -2.10. The maximum absolute atomic E-state index is 12.5. The fourth-order valence-electron chi connectivity index (χ4n) is 2.37. The molecule has 1 heterocycles. The van der Waals surface area contributed by atoms with Crippen LogP contribution in [-0.4, -0.2) is 23.5 Å². The smallest absolute Gasteiger partial charge is 0.339 e. The number of benzene rings is 2. The third-order valence-electron chi connectivity index (χ3n) is 3.69. The van der Waals surface area contributed by atoms with Gasteiger partial charge in [-0.05, 0) is 37.3 Å². The van der Waals surface area contributed by atoms with Gasteiger partial charge in [0.15, 0.2) is 6.61 Å². The van der Waals surface area contributed by atoms with Crippen LogP contribution in [0.2, 0.25) is 10.0 Å². The highest BCUT2D eigenvalue weighted by Gasteiger charge is 2.15. The number of hydrogen-bond acceptors (Lipinski definition) is 6.